The lowest BCUT2D eigenvalue weighted by Gasteiger charge is -2.10. The van der Waals surface area contributed by atoms with Crippen molar-refractivity contribution >= 4 is 22.9 Å². The Hall–Kier alpha value is -4.07. The predicted molar refractivity (Wildman–Crippen MR) is 114 cm³/mol. The Labute approximate surface area is 181 Å². The lowest BCUT2D eigenvalue weighted by molar-refractivity contribution is -0.137. The number of fused-ring (bicyclic) bond motifs is 1. The second-order valence-corrected chi connectivity index (χ2v) is 6.99. The zero-order valence-electron chi connectivity index (χ0n) is 16.8. The van der Waals surface area contributed by atoms with Crippen LogP contribution in [0.15, 0.2) is 79.0 Å². The molecular formula is C24H17F3N2O3. The zero-order valence-corrected chi connectivity index (χ0v) is 16.8. The number of nitrogens with zero attached hydrogens (tertiary/aromatic N) is 1. The first-order chi connectivity index (χ1) is 15.3. The van der Waals surface area contributed by atoms with Crippen LogP contribution in [0.4, 0.5) is 18.9 Å². The molecule has 2 aromatic heterocycles. The fourth-order valence-electron chi connectivity index (χ4n) is 3.38. The molecule has 0 aliphatic rings. The van der Waals surface area contributed by atoms with Crippen LogP contribution in [0, 0.1) is 0 Å². The van der Waals surface area contributed by atoms with Crippen molar-refractivity contribution in [3.8, 4) is 16.9 Å². The molecule has 0 unspecified atom stereocenters. The van der Waals surface area contributed by atoms with E-state index in [2.05, 4.69) is 5.32 Å². The molecule has 0 aliphatic heterocycles. The number of ketones is 1. The molecule has 1 amide bonds. The number of benzene rings is 2. The van der Waals surface area contributed by atoms with Crippen molar-refractivity contribution in [1.29, 1.82) is 0 Å². The molecule has 162 valence electrons. The molecular weight excluding hydrogens is 421 g/mol. The van der Waals surface area contributed by atoms with Crippen LogP contribution in [0.5, 0.6) is 5.75 Å². The molecule has 0 saturated carbocycles. The quantitative estimate of drug-likeness (QED) is 0.333. The SMILES string of the molecule is COc1ccc(-c2cc3ccccn3c2C(=O)C(=O)Nc2ccc(C(F)(F)F)cc2)cc1. The van der Waals surface area contributed by atoms with Crippen molar-refractivity contribution in [2.45, 2.75) is 6.18 Å². The number of Topliss-reactive ketones (excluding diaryl/α,β-unsaturated/α-hetero) is 1. The largest absolute Gasteiger partial charge is 0.497 e. The molecule has 2 heterocycles. The maximum absolute atomic E-state index is 13.1. The van der Waals surface area contributed by atoms with Gasteiger partial charge < -0.3 is 14.5 Å². The molecule has 0 spiro atoms. The fraction of sp³-hybridized carbons (Fsp3) is 0.0833. The number of alkyl halides is 3. The molecule has 5 nitrogen and oxygen atoms in total. The second-order valence-electron chi connectivity index (χ2n) is 6.99. The molecule has 0 aliphatic carbocycles. The number of halogens is 3. The van der Waals surface area contributed by atoms with E-state index >= 15 is 0 Å². The van der Waals surface area contributed by atoms with Crippen LogP contribution in [0.25, 0.3) is 16.6 Å². The van der Waals surface area contributed by atoms with E-state index in [1.165, 1.54) is 0 Å². The van der Waals surface area contributed by atoms with Gasteiger partial charge in [-0.1, -0.05) is 18.2 Å². The van der Waals surface area contributed by atoms with Crippen LogP contribution in [-0.2, 0) is 11.0 Å². The molecule has 0 bridgehead atoms. The Bertz CT molecular complexity index is 1290. The van der Waals surface area contributed by atoms with Gasteiger partial charge >= 0.3 is 6.18 Å². The standard InChI is InChI=1S/C24H17F3N2O3/c1-32-19-11-5-15(6-12-19)20-14-18-4-2-3-13-29(18)21(20)22(30)23(31)28-17-9-7-16(8-10-17)24(25,26)27/h2-14H,1H3,(H,28,31). The van der Waals surface area contributed by atoms with Crippen LogP contribution in [0.3, 0.4) is 0 Å². The lowest BCUT2D eigenvalue weighted by Crippen LogP contribution is -2.24. The highest BCUT2D eigenvalue weighted by atomic mass is 19.4. The number of carbonyl (C=O) groups is 2. The summed E-state index contributed by atoms with van der Waals surface area (Å²) < 4.78 is 45.0. The van der Waals surface area contributed by atoms with Crippen LogP contribution in [0.2, 0.25) is 0 Å². The molecule has 4 aromatic rings. The van der Waals surface area contributed by atoms with Gasteiger partial charge in [-0.2, -0.15) is 13.2 Å². The molecule has 0 atom stereocenters. The first kappa shape index (κ1) is 21.2. The van der Waals surface area contributed by atoms with Gasteiger partial charge in [-0.05, 0) is 60.2 Å². The molecule has 0 fully saturated rings. The number of carbonyl (C=O) groups excluding carboxylic acids is 2. The number of ether oxygens (including phenoxy) is 1. The molecule has 0 saturated heterocycles. The van der Waals surface area contributed by atoms with Crippen molar-refractivity contribution in [1.82, 2.24) is 4.40 Å². The fourth-order valence-corrected chi connectivity index (χ4v) is 3.38. The van der Waals surface area contributed by atoms with E-state index in [1.807, 2.05) is 6.07 Å². The normalized spacial score (nSPS) is 11.4. The number of aromatic nitrogens is 1. The van der Waals surface area contributed by atoms with Gasteiger partial charge in [0.05, 0.1) is 12.7 Å². The smallest absolute Gasteiger partial charge is 0.416 e. The summed E-state index contributed by atoms with van der Waals surface area (Å²) >= 11 is 0. The van der Waals surface area contributed by atoms with Crippen LogP contribution >= 0.6 is 0 Å². The highest BCUT2D eigenvalue weighted by Crippen LogP contribution is 2.31. The molecule has 32 heavy (non-hydrogen) atoms. The summed E-state index contributed by atoms with van der Waals surface area (Å²) in [4.78, 5) is 25.8. The minimum absolute atomic E-state index is 0.0863. The second kappa shape index (κ2) is 8.22. The van der Waals surface area contributed by atoms with Gasteiger partial charge in [0.15, 0.2) is 0 Å². The van der Waals surface area contributed by atoms with Crippen molar-refractivity contribution < 1.29 is 27.5 Å². The average Bonchev–Trinajstić information content (AvgIpc) is 3.18. The summed E-state index contributed by atoms with van der Waals surface area (Å²) in [6, 6.07) is 18.1. The third-order valence-corrected chi connectivity index (χ3v) is 4.97. The Morgan fingerprint density at radius 2 is 1.62 bits per heavy atom. The third kappa shape index (κ3) is 4.07. The number of anilines is 1. The van der Waals surface area contributed by atoms with Gasteiger partial charge in [0.1, 0.15) is 11.4 Å². The summed E-state index contributed by atoms with van der Waals surface area (Å²) in [5.41, 5.74) is 1.36. The van der Waals surface area contributed by atoms with Crippen molar-refractivity contribution in [3.63, 3.8) is 0 Å². The highest BCUT2D eigenvalue weighted by molar-refractivity contribution is 6.47. The number of amides is 1. The number of rotatable bonds is 5. The summed E-state index contributed by atoms with van der Waals surface area (Å²) in [5, 5.41) is 2.38. The van der Waals surface area contributed by atoms with Crippen molar-refractivity contribution in [3.05, 3.63) is 90.3 Å². The Kier molecular flexibility index (Phi) is 5.44. The number of nitrogens with one attached hydrogen (secondary N) is 1. The number of hydrogen-bond donors (Lipinski definition) is 1. The van der Waals surface area contributed by atoms with E-state index in [1.54, 1.807) is 60.2 Å². The first-order valence-electron chi connectivity index (χ1n) is 9.55. The first-order valence-corrected chi connectivity index (χ1v) is 9.55. The number of hydrogen-bond acceptors (Lipinski definition) is 3. The van der Waals surface area contributed by atoms with Crippen LogP contribution in [0.1, 0.15) is 16.1 Å². The van der Waals surface area contributed by atoms with Gasteiger partial charge in [-0.25, -0.2) is 0 Å². The summed E-state index contributed by atoms with van der Waals surface area (Å²) in [6.07, 6.45) is -2.82. The van der Waals surface area contributed by atoms with Gasteiger partial charge in [-0.3, -0.25) is 9.59 Å². The summed E-state index contributed by atoms with van der Waals surface area (Å²) in [5.74, 6) is -1.13. The van der Waals surface area contributed by atoms with Gasteiger partial charge in [0.2, 0.25) is 0 Å². The van der Waals surface area contributed by atoms with E-state index in [4.69, 9.17) is 4.74 Å². The maximum atomic E-state index is 13.1. The Balaban J connectivity index is 1.68. The summed E-state index contributed by atoms with van der Waals surface area (Å²) in [7, 11) is 1.54. The number of methoxy groups -OCH3 is 1. The molecule has 8 heteroatoms. The molecule has 4 rings (SSSR count). The molecule has 2 aromatic carbocycles. The van der Waals surface area contributed by atoms with E-state index in [9.17, 15) is 22.8 Å². The van der Waals surface area contributed by atoms with E-state index in [-0.39, 0.29) is 11.4 Å². The minimum Gasteiger partial charge on any atom is -0.497 e. The summed E-state index contributed by atoms with van der Waals surface area (Å²) in [6.45, 7) is 0. The molecule has 0 radical (unpaired) electrons. The van der Waals surface area contributed by atoms with Gasteiger partial charge in [0, 0.05) is 23.0 Å². The van der Waals surface area contributed by atoms with Crippen molar-refractivity contribution in [2.24, 2.45) is 0 Å². The van der Waals surface area contributed by atoms with Crippen LogP contribution in [-0.4, -0.2) is 23.2 Å². The van der Waals surface area contributed by atoms with Gasteiger partial charge in [-0.15, -0.1) is 0 Å². The highest BCUT2D eigenvalue weighted by Gasteiger charge is 2.30. The average molecular weight is 438 g/mol. The van der Waals surface area contributed by atoms with E-state index in [0.29, 0.717) is 22.4 Å². The number of pyridine rings is 1. The van der Waals surface area contributed by atoms with E-state index < -0.39 is 23.4 Å². The minimum atomic E-state index is -4.49. The molecule has 1 N–H and O–H groups in total. The monoisotopic (exact) mass is 438 g/mol. The maximum Gasteiger partial charge on any atom is 0.416 e. The third-order valence-electron chi connectivity index (χ3n) is 4.97. The Morgan fingerprint density at radius 1 is 0.938 bits per heavy atom. The Morgan fingerprint density at radius 3 is 2.25 bits per heavy atom. The topological polar surface area (TPSA) is 59.8 Å². The van der Waals surface area contributed by atoms with E-state index in [0.717, 1.165) is 24.3 Å². The van der Waals surface area contributed by atoms with Gasteiger partial charge in [0.25, 0.3) is 11.7 Å². The van der Waals surface area contributed by atoms with Crippen molar-refractivity contribution in [2.75, 3.05) is 12.4 Å². The lowest BCUT2D eigenvalue weighted by atomic mass is 10.0. The predicted octanol–water partition coefficient (Wildman–Crippen LogP) is 5.46. The zero-order chi connectivity index (χ0) is 22.9. The van der Waals surface area contributed by atoms with Crippen LogP contribution < -0.4 is 10.1 Å².